The summed E-state index contributed by atoms with van der Waals surface area (Å²) >= 11 is 0. The molecule has 0 amide bonds. The van der Waals surface area contributed by atoms with E-state index in [4.69, 9.17) is 0 Å². The van der Waals surface area contributed by atoms with E-state index in [1.54, 1.807) is 0 Å². The van der Waals surface area contributed by atoms with Crippen LogP contribution >= 0.6 is 0 Å². The Morgan fingerprint density at radius 2 is 1.29 bits per heavy atom. The van der Waals surface area contributed by atoms with Crippen molar-refractivity contribution in [1.29, 1.82) is 0 Å². The Balaban J connectivity index is 0.00000128. The lowest BCUT2D eigenvalue weighted by atomic mass is 10.3. The maximum Gasteiger partial charge on any atom is 0.234 e. The molecule has 0 saturated carbocycles. The molecule has 0 radical (unpaired) electrons. The minimum atomic E-state index is 0. The van der Waals surface area contributed by atoms with Crippen LogP contribution in [0.5, 0.6) is 0 Å². The first-order chi connectivity index (χ1) is 7.24. The van der Waals surface area contributed by atoms with E-state index in [-0.39, 0.29) is 34.0 Å². The predicted molar refractivity (Wildman–Crippen MR) is 62.0 cm³/mol. The molecule has 17 heavy (non-hydrogen) atoms. The van der Waals surface area contributed by atoms with Crippen LogP contribution < -0.4 is 34.0 Å². The minimum Gasteiger partial charge on any atom is -1.00 e. The molecule has 0 aliphatic carbocycles. The van der Waals surface area contributed by atoms with Gasteiger partial charge in [-0.25, -0.2) is 0 Å². The number of likely N-dealkylation sites (N-methyl/N-ethyl adjacent to an activating group) is 2. The number of rotatable bonds is 4. The maximum atomic E-state index is 2.42. The van der Waals surface area contributed by atoms with Crippen LogP contribution in [0.3, 0.4) is 0 Å². The normalized spacial score (nSPS) is 18.5. The van der Waals surface area contributed by atoms with E-state index in [9.17, 15) is 0 Å². The zero-order chi connectivity index (χ0) is 10.7. The highest BCUT2D eigenvalue weighted by Gasteiger charge is 2.19. The second-order valence-corrected chi connectivity index (χ2v) is 4.62. The third-order valence-electron chi connectivity index (χ3n) is 3.09. The molecule has 0 bridgehead atoms. The van der Waals surface area contributed by atoms with E-state index < -0.39 is 0 Å². The summed E-state index contributed by atoms with van der Waals surface area (Å²) in [7, 11) is 4.28. The zero-order valence-corrected chi connectivity index (χ0v) is 13.8. The van der Waals surface area contributed by atoms with Gasteiger partial charge >= 0.3 is 0 Å². The number of halogens is 2. The van der Waals surface area contributed by atoms with Gasteiger partial charge in [0.15, 0.2) is 0 Å². The van der Waals surface area contributed by atoms with Gasteiger partial charge in [-0.1, -0.05) is 0 Å². The zero-order valence-electron chi connectivity index (χ0n) is 10.6. The standard InChI is InChI=1S/C11H22N4.2BrH/c1-12-6-8-14(10-12)4-3-5-15-9-7-13(2)11-15;;/h10-11H,3-9H2,1-2H3;2*1H/q+2;;/p-2. The molecule has 0 N–H and O–H groups in total. The van der Waals surface area contributed by atoms with Crippen molar-refractivity contribution >= 4 is 12.7 Å². The first-order valence-corrected chi connectivity index (χ1v) is 5.82. The van der Waals surface area contributed by atoms with Crippen molar-refractivity contribution in [3.05, 3.63) is 0 Å². The van der Waals surface area contributed by atoms with Crippen molar-refractivity contribution in [2.24, 2.45) is 0 Å². The highest BCUT2D eigenvalue weighted by Crippen LogP contribution is 1.98. The van der Waals surface area contributed by atoms with Crippen molar-refractivity contribution in [3.63, 3.8) is 0 Å². The molecule has 0 aromatic rings. The molecule has 100 valence electrons. The van der Waals surface area contributed by atoms with Crippen LogP contribution in [0.1, 0.15) is 6.42 Å². The lowest BCUT2D eigenvalue weighted by molar-refractivity contribution is -0.482. The van der Waals surface area contributed by atoms with Crippen LogP contribution in [0.25, 0.3) is 0 Å². The summed E-state index contributed by atoms with van der Waals surface area (Å²) in [4.78, 5) is 4.83. The fourth-order valence-corrected chi connectivity index (χ4v) is 2.18. The molecule has 6 heteroatoms. The predicted octanol–water partition coefficient (Wildman–Crippen LogP) is -6.64. The van der Waals surface area contributed by atoms with Gasteiger partial charge in [0.1, 0.15) is 26.2 Å². The van der Waals surface area contributed by atoms with Gasteiger partial charge in [0, 0.05) is 6.42 Å². The van der Waals surface area contributed by atoms with Crippen LogP contribution in [0, 0.1) is 0 Å². The van der Waals surface area contributed by atoms with E-state index in [0.717, 1.165) is 0 Å². The van der Waals surface area contributed by atoms with Crippen molar-refractivity contribution in [2.45, 2.75) is 6.42 Å². The van der Waals surface area contributed by atoms with E-state index in [0.29, 0.717) is 0 Å². The topological polar surface area (TPSA) is 12.5 Å². The Morgan fingerprint density at radius 3 is 1.59 bits per heavy atom. The Bertz CT molecular complexity index is 263. The molecule has 0 aromatic heterocycles. The smallest absolute Gasteiger partial charge is 0.234 e. The van der Waals surface area contributed by atoms with E-state index in [2.05, 4.69) is 45.7 Å². The lowest BCUT2D eigenvalue weighted by Gasteiger charge is -2.08. The van der Waals surface area contributed by atoms with Crippen LogP contribution in [-0.4, -0.2) is 85.0 Å². The Morgan fingerprint density at radius 1 is 0.882 bits per heavy atom. The molecule has 0 saturated heterocycles. The van der Waals surface area contributed by atoms with Crippen molar-refractivity contribution in [2.75, 3.05) is 53.4 Å². The molecule has 4 nitrogen and oxygen atoms in total. The molecule has 0 fully saturated rings. The van der Waals surface area contributed by atoms with Gasteiger partial charge in [0.05, 0.1) is 27.2 Å². The van der Waals surface area contributed by atoms with Crippen molar-refractivity contribution < 1.29 is 43.1 Å². The summed E-state index contributed by atoms with van der Waals surface area (Å²) in [6.07, 6.45) is 5.73. The fourth-order valence-electron chi connectivity index (χ4n) is 2.18. The van der Waals surface area contributed by atoms with Gasteiger partial charge in [0.25, 0.3) is 0 Å². The molecule has 2 aliphatic rings. The average Bonchev–Trinajstić information content (AvgIpc) is 2.76. The maximum absolute atomic E-state index is 2.42. The number of hydrogen-bond acceptors (Lipinski definition) is 2. The summed E-state index contributed by atoms with van der Waals surface area (Å²) in [5.41, 5.74) is 0. The molecular formula is C11H22Br2N4. The molecule has 0 unspecified atom stereocenters. The van der Waals surface area contributed by atoms with Gasteiger partial charge in [-0.3, -0.25) is 19.0 Å². The molecule has 0 atom stereocenters. The van der Waals surface area contributed by atoms with Gasteiger partial charge in [-0.2, -0.15) is 0 Å². The molecule has 0 aromatic carbocycles. The summed E-state index contributed by atoms with van der Waals surface area (Å²) in [6, 6.07) is 0. The van der Waals surface area contributed by atoms with Crippen LogP contribution in [0.15, 0.2) is 0 Å². The first-order valence-electron chi connectivity index (χ1n) is 5.82. The minimum absolute atomic E-state index is 0. The number of nitrogens with zero attached hydrogens (tertiary/aromatic N) is 4. The van der Waals surface area contributed by atoms with Crippen LogP contribution in [0.4, 0.5) is 0 Å². The van der Waals surface area contributed by atoms with E-state index >= 15 is 0 Å². The monoisotopic (exact) mass is 368 g/mol. The quantitative estimate of drug-likeness (QED) is 0.457. The van der Waals surface area contributed by atoms with Gasteiger partial charge < -0.3 is 34.0 Å². The summed E-state index contributed by atoms with van der Waals surface area (Å²) in [5, 5.41) is 0. The Kier molecular flexibility index (Phi) is 8.03. The summed E-state index contributed by atoms with van der Waals surface area (Å²) in [6.45, 7) is 7.13. The van der Waals surface area contributed by atoms with Crippen LogP contribution in [-0.2, 0) is 0 Å². The lowest BCUT2D eigenvalue weighted by Crippen LogP contribution is -3.00. The summed E-state index contributed by atoms with van der Waals surface area (Å²) < 4.78 is 4.52. The number of hydrogen-bond donors (Lipinski definition) is 0. The van der Waals surface area contributed by atoms with Gasteiger partial charge in [-0.15, -0.1) is 0 Å². The Labute approximate surface area is 125 Å². The third kappa shape index (κ3) is 5.38. The SMILES string of the molecule is C[N+]1=CN(CCCN2C=[N+](C)CC2)CC1.[Br-].[Br-]. The third-order valence-corrected chi connectivity index (χ3v) is 3.09. The first kappa shape index (κ1) is 16.9. The molecule has 2 aliphatic heterocycles. The van der Waals surface area contributed by atoms with Gasteiger partial charge in [-0.05, 0) is 0 Å². The highest BCUT2D eigenvalue weighted by molar-refractivity contribution is 5.51. The van der Waals surface area contributed by atoms with E-state index in [1.165, 1.54) is 45.7 Å². The highest BCUT2D eigenvalue weighted by atomic mass is 79.9. The summed E-state index contributed by atoms with van der Waals surface area (Å²) in [5.74, 6) is 0. The molecule has 2 rings (SSSR count). The molecule has 2 heterocycles. The second kappa shape index (κ2) is 8.08. The van der Waals surface area contributed by atoms with E-state index in [1.807, 2.05) is 0 Å². The Hall–Kier alpha value is -0.100. The van der Waals surface area contributed by atoms with Crippen molar-refractivity contribution in [3.8, 4) is 0 Å². The largest absolute Gasteiger partial charge is 1.00 e. The fraction of sp³-hybridized carbons (Fsp3) is 0.818. The molecular weight excluding hydrogens is 348 g/mol. The second-order valence-electron chi connectivity index (χ2n) is 4.62. The average molecular weight is 370 g/mol. The van der Waals surface area contributed by atoms with Crippen LogP contribution in [0.2, 0.25) is 0 Å². The van der Waals surface area contributed by atoms with Gasteiger partial charge in [0.2, 0.25) is 12.7 Å². The molecule has 0 spiro atoms. The van der Waals surface area contributed by atoms with Crippen molar-refractivity contribution in [1.82, 2.24) is 9.80 Å².